The predicted octanol–water partition coefficient (Wildman–Crippen LogP) is -8.11. The SMILES string of the molecule is NCC1OC(C2C(N)CC(NC(=O)C3(O)CC3N=C(N)N)C(OC3OCC(O)C(N)C3O)C2O)C(NCC2CC(N)C2)C(O)C1O. The van der Waals surface area contributed by atoms with Gasteiger partial charge in [-0.3, -0.25) is 4.79 Å². The van der Waals surface area contributed by atoms with Crippen LogP contribution in [0.4, 0.5) is 0 Å². The summed E-state index contributed by atoms with van der Waals surface area (Å²) in [6, 6.07) is -4.71. The fourth-order valence-corrected chi connectivity index (χ4v) is 7.25. The molecule has 264 valence electrons. The largest absolute Gasteiger partial charge is 0.390 e. The highest BCUT2D eigenvalue weighted by Gasteiger charge is 2.62. The molecule has 19 nitrogen and oxygen atoms in total. The summed E-state index contributed by atoms with van der Waals surface area (Å²) < 4.78 is 17.8. The van der Waals surface area contributed by atoms with Crippen molar-refractivity contribution in [1.29, 1.82) is 0 Å². The van der Waals surface area contributed by atoms with Gasteiger partial charge in [-0.25, -0.2) is 4.99 Å². The van der Waals surface area contributed by atoms with Crippen molar-refractivity contribution in [1.82, 2.24) is 10.6 Å². The third-order valence-corrected chi connectivity index (χ3v) is 10.2. The lowest BCUT2D eigenvalue weighted by Crippen LogP contribution is -2.72. The molecule has 0 aromatic rings. The first-order chi connectivity index (χ1) is 21.7. The molecule has 0 bridgehead atoms. The van der Waals surface area contributed by atoms with Crippen LogP contribution in [-0.4, -0.2) is 159 Å². The normalized spacial score (nSPS) is 50.7. The van der Waals surface area contributed by atoms with Crippen LogP contribution in [0.5, 0.6) is 0 Å². The minimum Gasteiger partial charge on any atom is -0.390 e. The van der Waals surface area contributed by atoms with E-state index in [2.05, 4.69) is 15.6 Å². The third-order valence-electron chi connectivity index (χ3n) is 10.2. The first-order valence-corrected chi connectivity index (χ1v) is 15.8. The van der Waals surface area contributed by atoms with E-state index in [9.17, 15) is 35.4 Å². The quantitative estimate of drug-likeness (QED) is 0.0763. The Labute approximate surface area is 266 Å². The Hall–Kier alpha value is -1.82. The highest BCUT2D eigenvalue weighted by Crippen LogP contribution is 2.41. The van der Waals surface area contributed by atoms with Crippen LogP contribution in [0, 0.1) is 11.8 Å². The van der Waals surface area contributed by atoms with Crippen LogP contribution in [0.3, 0.4) is 0 Å². The first kappa shape index (κ1) is 35.5. The summed E-state index contributed by atoms with van der Waals surface area (Å²) in [7, 11) is 0. The summed E-state index contributed by atoms with van der Waals surface area (Å²) in [6.45, 7) is 0.0632. The zero-order chi connectivity index (χ0) is 33.7. The van der Waals surface area contributed by atoms with Crippen LogP contribution < -0.4 is 45.0 Å². The molecule has 5 aliphatic rings. The number of aliphatic imine (C=N–C) groups is 1. The fraction of sp³-hybridized carbons (Fsp3) is 0.926. The molecule has 2 aliphatic heterocycles. The van der Waals surface area contributed by atoms with Gasteiger partial charge in [0.1, 0.15) is 24.4 Å². The predicted molar refractivity (Wildman–Crippen MR) is 160 cm³/mol. The molecule has 0 radical (unpaired) electrons. The molecule has 46 heavy (non-hydrogen) atoms. The van der Waals surface area contributed by atoms with E-state index in [1.54, 1.807) is 0 Å². The number of carbonyl (C=O) groups is 1. The zero-order valence-corrected chi connectivity index (χ0v) is 25.5. The Kier molecular flexibility index (Phi) is 10.8. The van der Waals surface area contributed by atoms with Crippen molar-refractivity contribution in [3.63, 3.8) is 0 Å². The molecule has 5 rings (SSSR count). The number of carbonyl (C=O) groups excluding carboxylic acids is 1. The van der Waals surface area contributed by atoms with Gasteiger partial charge in [0.15, 0.2) is 17.9 Å². The Bertz CT molecular complexity index is 1100. The smallest absolute Gasteiger partial charge is 0.254 e. The fourth-order valence-electron chi connectivity index (χ4n) is 7.25. The second-order valence-electron chi connectivity index (χ2n) is 13.6. The molecule has 3 saturated carbocycles. The molecule has 0 aromatic carbocycles. The van der Waals surface area contributed by atoms with Gasteiger partial charge in [0.05, 0.1) is 55.2 Å². The summed E-state index contributed by atoms with van der Waals surface area (Å²) in [6.07, 6.45) is -10.1. The molecule has 2 saturated heterocycles. The number of aliphatic hydroxyl groups is 6. The van der Waals surface area contributed by atoms with E-state index < -0.39 is 103 Å². The van der Waals surface area contributed by atoms with Crippen LogP contribution in [0.25, 0.3) is 0 Å². The number of nitrogens with two attached hydrogens (primary N) is 6. The van der Waals surface area contributed by atoms with Gasteiger partial charge in [-0.05, 0) is 31.7 Å². The molecule has 0 spiro atoms. The Morgan fingerprint density at radius 1 is 1.00 bits per heavy atom. The molecule has 5 fully saturated rings. The first-order valence-electron chi connectivity index (χ1n) is 15.8. The molecule has 20 N–H and O–H groups in total. The minimum absolute atomic E-state index is 0.0192. The van der Waals surface area contributed by atoms with Gasteiger partial charge in [0, 0.05) is 31.0 Å². The maximum Gasteiger partial charge on any atom is 0.254 e. The molecule has 2 heterocycles. The summed E-state index contributed by atoms with van der Waals surface area (Å²) >= 11 is 0. The lowest BCUT2D eigenvalue weighted by molar-refractivity contribution is -0.285. The average molecular weight is 662 g/mol. The van der Waals surface area contributed by atoms with Crippen LogP contribution >= 0.6 is 0 Å². The topological polar surface area (TPSA) is 359 Å². The number of guanidine groups is 1. The summed E-state index contributed by atoms with van der Waals surface area (Å²) in [5.74, 6) is -1.85. The van der Waals surface area contributed by atoms with E-state index in [-0.39, 0.29) is 43.9 Å². The number of nitrogens with zero attached hydrogens (tertiary/aromatic N) is 1. The van der Waals surface area contributed by atoms with E-state index in [1.807, 2.05) is 0 Å². The Morgan fingerprint density at radius 3 is 2.33 bits per heavy atom. The van der Waals surface area contributed by atoms with Crippen LogP contribution in [0.1, 0.15) is 25.7 Å². The van der Waals surface area contributed by atoms with Crippen molar-refractivity contribution in [3.05, 3.63) is 0 Å². The Morgan fingerprint density at radius 2 is 1.70 bits per heavy atom. The van der Waals surface area contributed by atoms with E-state index >= 15 is 0 Å². The summed E-state index contributed by atoms with van der Waals surface area (Å²) in [5, 5.41) is 71.5. The van der Waals surface area contributed by atoms with Gasteiger partial charge in [-0.15, -0.1) is 0 Å². The average Bonchev–Trinajstić information content (AvgIpc) is 3.64. The monoisotopic (exact) mass is 661 g/mol. The maximum atomic E-state index is 13.3. The lowest BCUT2D eigenvalue weighted by Gasteiger charge is -2.53. The number of amides is 1. The molecule has 16 unspecified atom stereocenters. The van der Waals surface area contributed by atoms with Gasteiger partial charge < -0.3 is 89.9 Å². The lowest BCUT2D eigenvalue weighted by atomic mass is 9.71. The van der Waals surface area contributed by atoms with Crippen molar-refractivity contribution in [3.8, 4) is 0 Å². The molecular formula is C27H51N9O10. The van der Waals surface area contributed by atoms with Gasteiger partial charge in [0.25, 0.3) is 5.91 Å². The highest BCUT2D eigenvalue weighted by molar-refractivity contribution is 5.90. The van der Waals surface area contributed by atoms with Gasteiger partial charge >= 0.3 is 0 Å². The van der Waals surface area contributed by atoms with Crippen LogP contribution in [-0.2, 0) is 19.0 Å². The second kappa shape index (κ2) is 14.0. The van der Waals surface area contributed by atoms with E-state index in [1.165, 1.54) is 0 Å². The molecule has 19 heteroatoms. The maximum absolute atomic E-state index is 13.3. The van der Waals surface area contributed by atoms with Gasteiger partial charge in [0.2, 0.25) is 0 Å². The third kappa shape index (κ3) is 6.99. The van der Waals surface area contributed by atoms with Crippen molar-refractivity contribution < 1.29 is 49.6 Å². The molecule has 1 amide bonds. The van der Waals surface area contributed by atoms with E-state index in [0.29, 0.717) is 6.54 Å². The van der Waals surface area contributed by atoms with E-state index in [4.69, 9.17) is 48.6 Å². The Balaban J connectivity index is 1.40. The molecule has 0 aromatic heterocycles. The highest BCUT2D eigenvalue weighted by atomic mass is 16.7. The number of ether oxygens (including phenoxy) is 3. The number of hydrogen-bond donors (Lipinski definition) is 14. The van der Waals surface area contributed by atoms with Crippen molar-refractivity contribution in [2.45, 2.75) is 123 Å². The van der Waals surface area contributed by atoms with Crippen LogP contribution in [0.2, 0.25) is 0 Å². The van der Waals surface area contributed by atoms with Crippen molar-refractivity contribution >= 4 is 11.9 Å². The number of aliphatic hydroxyl groups excluding tert-OH is 5. The molecule has 16 atom stereocenters. The molecule has 3 aliphatic carbocycles. The van der Waals surface area contributed by atoms with Gasteiger partial charge in [-0.2, -0.15) is 0 Å². The number of hydrogen-bond acceptors (Lipinski definition) is 16. The van der Waals surface area contributed by atoms with E-state index in [0.717, 1.165) is 12.8 Å². The standard InChI is InChI=1S/C27H51N9O10/c28-5-13-18(38)21(41)17(34-6-8-1-9(29)2-8)23(45-13)15-10(30)3-11(35-25(42)27(43)4-14(27)36-26(32)33)22(19(15)39)46-24-20(40)16(31)12(37)7-44-24/h8-24,34,37-41,43H,1-7,28-31H2,(H,35,42)(H4,32,33,36). The minimum atomic E-state index is -1.91. The summed E-state index contributed by atoms with van der Waals surface area (Å²) in [4.78, 5) is 17.1. The zero-order valence-electron chi connectivity index (χ0n) is 25.5. The van der Waals surface area contributed by atoms with Gasteiger partial charge in [-0.1, -0.05) is 0 Å². The summed E-state index contributed by atoms with van der Waals surface area (Å²) in [5.41, 5.74) is 33.3. The number of nitrogens with one attached hydrogen (secondary N) is 2. The van der Waals surface area contributed by atoms with Crippen molar-refractivity contribution in [2.75, 3.05) is 19.7 Å². The van der Waals surface area contributed by atoms with Crippen molar-refractivity contribution in [2.24, 2.45) is 51.2 Å². The number of rotatable bonds is 10. The molecular weight excluding hydrogens is 610 g/mol. The van der Waals surface area contributed by atoms with Crippen LogP contribution in [0.15, 0.2) is 4.99 Å². The second-order valence-corrected chi connectivity index (χ2v) is 13.6.